The fraction of sp³-hybridized carbons (Fsp3) is 0.444. The smallest absolute Gasteiger partial charge is 0.340 e. The van der Waals surface area contributed by atoms with Crippen LogP contribution in [0.25, 0.3) is 6.08 Å². The second-order valence-electron chi connectivity index (χ2n) is 5.57. The number of hydrogen-bond acceptors (Lipinski definition) is 3. The molecule has 4 heteroatoms. The molecule has 0 saturated carbocycles. The number of aliphatic imine (C=N–C) groups is 1. The highest BCUT2D eigenvalue weighted by atomic mass is 16.5. The minimum absolute atomic E-state index is 0.272. The SMILES string of the molecule is CCOC(=O)c1c(C)[nH]c(/C=C2\N=C(C)C(CC)=C2C)c1C. The first-order valence-corrected chi connectivity index (χ1v) is 7.74. The lowest BCUT2D eigenvalue weighted by molar-refractivity contribution is 0.0525. The topological polar surface area (TPSA) is 54.5 Å². The van der Waals surface area contributed by atoms with Gasteiger partial charge < -0.3 is 9.72 Å². The molecule has 1 aromatic heterocycles. The summed E-state index contributed by atoms with van der Waals surface area (Å²) in [5.41, 5.74) is 7.86. The molecule has 0 amide bonds. The number of allylic oxidation sites excluding steroid dienone is 2. The first-order valence-electron chi connectivity index (χ1n) is 7.74. The number of aromatic nitrogens is 1. The van der Waals surface area contributed by atoms with E-state index < -0.39 is 0 Å². The number of H-pyrrole nitrogens is 1. The minimum Gasteiger partial charge on any atom is -0.462 e. The van der Waals surface area contributed by atoms with E-state index in [1.54, 1.807) is 0 Å². The Bertz CT molecular complexity index is 703. The van der Waals surface area contributed by atoms with Gasteiger partial charge >= 0.3 is 5.97 Å². The molecule has 22 heavy (non-hydrogen) atoms. The molecule has 0 unspecified atom stereocenters. The number of nitrogens with one attached hydrogen (secondary N) is 1. The van der Waals surface area contributed by atoms with Crippen molar-refractivity contribution in [1.29, 1.82) is 0 Å². The Labute approximate surface area is 132 Å². The van der Waals surface area contributed by atoms with Crippen LogP contribution in [0.2, 0.25) is 0 Å². The number of rotatable bonds is 4. The monoisotopic (exact) mass is 300 g/mol. The molecule has 2 rings (SSSR count). The first-order chi connectivity index (χ1) is 10.4. The van der Waals surface area contributed by atoms with Crippen LogP contribution >= 0.6 is 0 Å². The summed E-state index contributed by atoms with van der Waals surface area (Å²) >= 11 is 0. The second kappa shape index (κ2) is 6.34. The van der Waals surface area contributed by atoms with Gasteiger partial charge in [-0.3, -0.25) is 4.99 Å². The van der Waals surface area contributed by atoms with Gasteiger partial charge in [0, 0.05) is 17.1 Å². The molecule has 4 nitrogen and oxygen atoms in total. The van der Waals surface area contributed by atoms with Crippen LogP contribution < -0.4 is 0 Å². The van der Waals surface area contributed by atoms with Gasteiger partial charge in [-0.2, -0.15) is 0 Å². The van der Waals surface area contributed by atoms with Crippen LogP contribution in [-0.2, 0) is 4.74 Å². The molecule has 0 aromatic carbocycles. The predicted octanol–water partition coefficient (Wildman–Crippen LogP) is 4.35. The first kappa shape index (κ1) is 16.3. The Balaban J connectivity index is 2.45. The van der Waals surface area contributed by atoms with E-state index in [1.807, 2.05) is 33.8 Å². The van der Waals surface area contributed by atoms with Crippen molar-refractivity contribution in [1.82, 2.24) is 4.98 Å². The van der Waals surface area contributed by atoms with Crippen LogP contribution in [0.1, 0.15) is 61.4 Å². The molecule has 0 radical (unpaired) electrons. The summed E-state index contributed by atoms with van der Waals surface area (Å²) in [4.78, 5) is 20.0. The minimum atomic E-state index is -0.272. The largest absolute Gasteiger partial charge is 0.462 e. The van der Waals surface area contributed by atoms with Crippen LogP contribution in [0.3, 0.4) is 0 Å². The van der Waals surface area contributed by atoms with Gasteiger partial charge in [0.2, 0.25) is 0 Å². The molecule has 1 aliphatic rings. The lowest BCUT2D eigenvalue weighted by atomic mass is 10.0. The lowest BCUT2D eigenvalue weighted by Gasteiger charge is -2.02. The van der Waals surface area contributed by atoms with Crippen molar-refractivity contribution in [2.45, 2.75) is 48.0 Å². The molecule has 118 valence electrons. The standard InChI is InChI=1S/C18H24N2O2/c1-7-14-10(3)15(19-12(14)5)9-16-11(4)17(13(6)20-16)18(21)22-8-2/h9,20H,7-8H2,1-6H3/b15-9-. The summed E-state index contributed by atoms with van der Waals surface area (Å²) in [6.45, 7) is 12.3. The highest BCUT2D eigenvalue weighted by Crippen LogP contribution is 2.30. The maximum Gasteiger partial charge on any atom is 0.340 e. The summed E-state index contributed by atoms with van der Waals surface area (Å²) in [6.07, 6.45) is 3.00. The van der Waals surface area contributed by atoms with Crippen molar-refractivity contribution >= 4 is 17.8 Å². The maximum absolute atomic E-state index is 12.1. The van der Waals surface area contributed by atoms with Gasteiger partial charge in [0.15, 0.2) is 0 Å². The molecule has 0 aliphatic carbocycles. The van der Waals surface area contributed by atoms with E-state index in [1.165, 1.54) is 11.1 Å². The zero-order chi connectivity index (χ0) is 16.4. The van der Waals surface area contributed by atoms with Crippen molar-refractivity contribution in [2.75, 3.05) is 6.61 Å². The van der Waals surface area contributed by atoms with Crippen molar-refractivity contribution in [3.8, 4) is 0 Å². The van der Waals surface area contributed by atoms with Crippen LogP contribution in [-0.4, -0.2) is 23.3 Å². The highest BCUT2D eigenvalue weighted by Gasteiger charge is 2.20. The number of ether oxygens (including phenoxy) is 1. The number of aromatic amines is 1. The molecule has 1 aliphatic heterocycles. The Morgan fingerprint density at radius 2 is 1.91 bits per heavy atom. The molecule has 0 saturated heterocycles. The van der Waals surface area contributed by atoms with Gasteiger partial charge in [0.25, 0.3) is 0 Å². The summed E-state index contributed by atoms with van der Waals surface area (Å²) < 4.78 is 5.13. The van der Waals surface area contributed by atoms with Gasteiger partial charge in [0.1, 0.15) is 0 Å². The Hall–Kier alpha value is -2.10. The van der Waals surface area contributed by atoms with E-state index in [2.05, 4.69) is 23.8 Å². The van der Waals surface area contributed by atoms with Crippen LogP contribution in [0.4, 0.5) is 0 Å². The number of hydrogen-bond donors (Lipinski definition) is 1. The summed E-state index contributed by atoms with van der Waals surface area (Å²) in [7, 11) is 0. The average Bonchev–Trinajstić information content (AvgIpc) is 2.87. The molecule has 0 atom stereocenters. The molecule has 2 heterocycles. The summed E-state index contributed by atoms with van der Waals surface area (Å²) in [6, 6.07) is 0. The number of esters is 1. The quantitative estimate of drug-likeness (QED) is 0.840. The average molecular weight is 300 g/mol. The van der Waals surface area contributed by atoms with E-state index in [9.17, 15) is 4.79 Å². The van der Waals surface area contributed by atoms with Crippen molar-refractivity contribution in [3.05, 3.63) is 39.4 Å². The molecule has 1 aromatic rings. The van der Waals surface area contributed by atoms with Crippen LogP contribution in [0.5, 0.6) is 0 Å². The van der Waals surface area contributed by atoms with Gasteiger partial charge in [-0.05, 0) is 63.8 Å². The maximum atomic E-state index is 12.1. The van der Waals surface area contributed by atoms with E-state index in [4.69, 9.17) is 4.74 Å². The highest BCUT2D eigenvalue weighted by molar-refractivity contribution is 6.03. The third-order valence-electron chi connectivity index (χ3n) is 4.15. The Kier molecular flexibility index (Phi) is 4.69. The molecular weight excluding hydrogens is 276 g/mol. The van der Waals surface area contributed by atoms with Gasteiger partial charge in [0.05, 0.1) is 17.9 Å². The summed E-state index contributed by atoms with van der Waals surface area (Å²) in [5, 5.41) is 0. The van der Waals surface area contributed by atoms with E-state index >= 15 is 0 Å². The summed E-state index contributed by atoms with van der Waals surface area (Å²) in [5.74, 6) is -0.272. The van der Waals surface area contributed by atoms with E-state index in [-0.39, 0.29) is 5.97 Å². The third-order valence-corrected chi connectivity index (χ3v) is 4.15. The molecule has 1 N–H and O–H groups in total. The van der Waals surface area contributed by atoms with Crippen LogP contribution in [0.15, 0.2) is 21.8 Å². The van der Waals surface area contributed by atoms with Gasteiger partial charge in [-0.25, -0.2) is 4.79 Å². The van der Waals surface area contributed by atoms with Crippen molar-refractivity contribution in [3.63, 3.8) is 0 Å². The van der Waals surface area contributed by atoms with Crippen molar-refractivity contribution < 1.29 is 9.53 Å². The van der Waals surface area contributed by atoms with Crippen LogP contribution in [0, 0.1) is 13.8 Å². The molecule has 0 bridgehead atoms. The molecule has 0 fully saturated rings. The number of carbonyl (C=O) groups is 1. The number of aryl methyl sites for hydroxylation is 1. The van der Waals surface area contributed by atoms with E-state index in [0.29, 0.717) is 12.2 Å². The number of carbonyl (C=O) groups excluding carboxylic acids is 1. The number of nitrogens with zero attached hydrogens (tertiary/aromatic N) is 1. The van der Waals surface area contributed by atoms with Crippen molar-refractivity contribution in [2.24, 2.45) is 4.99 Å². The van der Waals surface area contributed by atoms with Gasteiger partial charge in [-0.1, -0.05) is 6.92 Å². The molecule has 0 spiro atoms. The third kappa shape index (κ3) is 2.78. The molecular formula is C18H24N2O2. The zero-order valence-corrected chi connectivity index (χ0v) is 14.3. The second-order valence-corrected chi connectivity index (χ2v) is 5.57. The fourth-order valence-corrected chi connectivity index (χ4v) is 2.98. The van der Waals surface area contributed by atoms with Gasteiger partial charge in [-0.15, -0.1) is 0 Å². The Morgan fingerprint density at radius 3 is 2.45 bits per heavy atom. The Morgan fingerprint density at radius 1 is 1.23 bits per heavy atom. The van der Waals surface area contributed by atoms with E-state index in [0.717, 1.165) is 34.8 Å². The normalized spacial score (nSPS) is 16.5. The lowest BCUT2D eigenvalue weighted by Crippen LogP contribution is -2.06. The fourth-order valence-electron chi connectivity index (χ4n) is 2.98. The zero-order valence-electron chi connectivity index (χ0n) is 14.3. The predicted molar refractivity (Wildman–Crippen MR) is 90.3 cm³/mol.